The predicted octanol–water partition coefficient (Wildman–Crippen LogP) is 2.91. The van der Waals surface area contributed by atoms with E-state index in [0.717, 1.165) is 64.7 Å². The van der Waals surface area contributed by atoms with E-state index in [1.54, 1.807) is 0 Å². The molecule has 142 valence electrons. The molecule has 2 amide bonds. The third-order valence-electron chi connectivity index (χ3n) is 6.38. The number of hydrogen-bond acceptors (Lipinski definition) is 3. The summed E-state index contributed by atoms with van der Waals surface area (Å²) in [7, 11) is 0. The van der Waals surface area contributed by atoms with Crippen LogP contribution in [0.4, 0.5) is 0 Å². The van der Waals surface area contributed by atoms with Crippen LogP contribution in [0.3, 0.4) is 0 Å². The van der Waals surface area contributed by atoms with Gasteiger partial charge in [-0.05, 0) is 62.1 Å². The van der Waals surface area contributed by atoms with E-state index in [4.69, 9.17) is 5.26 Å². The Balaban J connectivity index is 1.27. The van der Waals surface area contributed by atoms with Gasteiger partial charge in [-0.15, -0.1) is 0 Å². The molecule has 0 atom stereocenters. The molecule has 0 spiro atoms. The number of carbonyl (C=O) groups excluding carboxylic acids is 2. The van der Waals surface area contributed by atoms with Gasteiger partial charge in [0.05, 0.1) is 11.6 Å². The zero-order chi connectivity index (χ0) is 18.8. The molecule has 2 aliphatic heterocycles. The minimum atomic E-state index is 0.0757. The van der Waals surface area contributed by atoms with Crippen molar-refractivity contribution in [1.29, 1.82) is 5.26 Å². The van der Waals surface area contributed by atoms with Crippen LogP contribution in [-0.4, -0.2) is 47.8 Å². The molecule has 4 rings (SSSR count). The summed E-state index contributed by atoms with van der Waals surface area (Å²) < 4.78 is 0. The summed E-state index contributed by atoms with van der Waals surface area (Å²) in [6.45, 7) is 3.06. The van der Waals surface area contributed by atoms with Gasteiger partial charge in [0.2, 0.25) is 11.8 Å². The number of hydrogen-bond donors (Lipinski definition) is 0. The minimum absolute atomic E-state index is 0.0757. The number of carbonyl (C=O) groups is 2. The lowest BCUT2D eigenvalue weighted by Crippen LogP contribution is -2.46. The first kappa shape index (κ1) is 18.0. The first-order valence-electron chi connectivity index (χ1n) is 10.2. The fraction of sp³-hybridized carbons (Fsp3) is 0.591. The van der Waals surface area contributed by atoms with E-state index < -0.39 is 0 Å². The summed E-state index contributed by atoms with van der Waals surface area (Å²) in [6.07, 6.45) is 5.62. The Morgan fingerprint density at radius 3 is 1.96 bits per heavy atom. The second-order valence-electron chi connectivity index (χ2n) is 8.21. The summed E-state index contributed by atoms with van der Waals surface area (Å²) in [4.78, 5) is 29.1. The molecule has 27 heavy (non-hydrogen) atoms. The van der Waals surface area contributed by atoms with Gasteiger partial charge in [-0.25, -0.2) is 0 Å². The maximum absolute atomic E-state index is 12.9. The molecule has 1 aromatic carbocycles. The highest BCUT2D eigenvalue weighted by molar-refractivity contribution is 5.82. The molecule has 0 N–H and O–H groups in total. The molecule has 1 aromatic rings. The monoisotopic (exact) mass is 365 g/mol. The second-order valence-corrected chi connectivity index (χ2v) is 8.21. The fourth-order valence-corrected chi connectivity index (χ4v) is 4.49. The van der Waals surface area contributed by atoms with Crippen LogP contribution in [0.15, 0.2) is 24.3 Å². The summed E-state index contributed by atoms with van der Waals surface area (Å²) in [5.41, 5.74) is 1.92. The normalized spacial score (nSPS) is 21.7. The average Bonchev–Trinajstić information content (AvgIpc) is 3.58. The van der Waals surface area contributed by atoms with Crippen molar-refractivity contribution in [3.05, 3.63) is 35.4 Å². The van der Waals surface area contributed by atoms with Crippen molar-refractivity contribution in [2.45, 2.75) is 44.4 Å². The molecule has 5 heteroatoms. The lowest BCUT2D eigenvalue weighted by molar-refractivity contribution is -0.142. The average molecular weight is 365 g/mol. The highest BCUT2D eigenvalue weighted by Gasteiger charge is 2.37. The molecule has 0 aromatic heterocycles. The van der Waals surface area contributed by atoms with Crippen LogP contribution in [-0.2, 0) is 9.59 Å². The number of benzene rings is 1. The maximum Gasteiger partial charge on any atom is 0.225 e. The summed E-state index contributed by atoms with van der Waals surface area (Å²) in [5, 5.41) is 9.08. The largest absolute Gasteiger partial charge is 0.342 e. The zero-order valence-corrected chi connectivity index (χ0v) is 15.8. The Hall–Kier alpha value is -2.35. The van der Waals surface area contributed by atoms with E-state index in [2.05, 4.69) is 12.1 Å². The third kappa shape index (κ3) is 4.00. The number of piperidine rings is 2. The van der Waals surface area contributed by atoms with Crippen LogP contribution >= 0.6 is 0 Å². The van der Waals surface area contributed by atoms with Crippen molar-refractivity contribution in [2.75, 3.05) is 26.2 Å². The van der Waals surface area contributed by atoms with E-state index in [-0.39, 0.29) is 17.7 Å². The molecular weight excluding hydrogens is 338 g/mol. The van der Waals surface area contributed by atoms with Crippen molar-refractivity contribution in [1.82, 2.24) is 9.80 Å². The lowest BCUT2D eigenvalue weighted by atomic mass is 9.87. The van der Waals surface area contributed by atoms with Gasteiger partial charge in [-0.1, -0.05) is 12.1 Å². The summed E-state index contributed by atoms with van der Waals surface area (Å²) >= 11 is 0. The maximum atomic E-state index is 12.9. The van der Waals surface area contributed by atoms with Gasteiger partial charge >= 0.3 is 0 Å². The number of nitrogens with zero attached hydrogens (tertiary/aromatic N) is 3. The van der Waals surface area contributed by atoms with Crippen molar-refractivity contribution in [3.8, 4) is 6.07 Å². The van der Waals surface area contributed by atoms with Crippen molar-refractivity contribution in [3.63, 3.8) is 0 Å². The molecular formula is C22H27N3O2. The molecule has 3 fully saturated rings. The molecule has 2 saturated heterocycles. The third-order valence-corrected chi connectivity index (χ3v) is 6.38. The quantitative estimate of drug-likeness (QED) is 0.827. The first-order chi connectivity index (χ1) is 13.2. The van der Waals surface area contributed by atoms with Crippen LogP contribution in [0.2, 0.25) is 0 Å². The van der Waals surface area contributed by atoms with Gasteiger partial charge in [0.15, 0.2) is 0 Å². The van der Waals surface area contributed by atoms with Crippen LogP contribution in [0.1, 0.15) is 55.6 Å². The van der Waals surface area contributed by atoms with E-state index in [1.807, 2.05) is 28.0 Å². The molecule has 1 aliphatic carbocycles. The van der Waals surface area contributed by atoms with E-state index in [1.165, 1.54) is 5.56 Å². The lowest BCUT2D eigenvalue weighted by Gasteiger charge is -2.37. The number of rotatable bonds is 3. The number of amides is 2. The van der Waals surface area contributed by atoms with Crippen molar-refractivity contribution >= 4 is 11.8 Å². The Labute approximate surface area is 160 Å². The first-order valence-corrected chi connectivity index (χ1v) is 10.2. The van der Waals surface area contributed by atoms with Crippen molar-refractivity contribution < 1.29 is 9.59 Å². The molecule has 2 heterocycles. The van der Waals surface area contributed by atoms with Gasteiger partial charge in [-0.2, -0.15) is 5.26 Å². The highest BCUT2D eigenvalue weighted by atomic mass is 16.2. The standard InChI is InChI=1S/C22H27N3O2/c23-15-16-2-1-3-20(14-16)17-6-10-24(11-7-17)22(27)19-8-12-25(13-9-19)21(26)18-4-5-18/h1-3,14,17-19H,4-13H2. The van der Waals surface area contributed by atoms with Crippen LogP contribution in [0.25, 0.3) is 0 Å². The van der Waals surface area contributed by atoms with Gasteiger partial charge in [0.25, 0.3) is 0 Å². The smallest absolute Gasteiger partial charge is 0.225 e. The fourth-order valence-electron chi connectivity index (χ4n) is 4.49. The molecule has 0 bridgehead atoms. The molecule has 0 radical (unpaired) electrons. The summed E-state index contributed by atoms with van der Waals surface area (Å²) in [5.74, 6) is 1.36. The highest BCUT2D eigenvalue weighted by Crippen LogP contribution is 2.33. The summed E-state index contributed by atoms with van der Waals surface area (Å²) in [6, 6.07) is 10.1. The zero-order valence-electron chi connectivity index (χ0n) is 15.8. The molecule has 5 nitrogen and oxygen atoms in total. The molecule has 1 saturated carbocycles. The second kappa shape index (κ2) is 7.72. The number of likely N-dealkylation sites (tertiary alicyclic amines) is 2. The van der Waals surface area contributed by atoms with Crippen molar-refractivity contribution in [2.24, 2.45) is 11.8 Å². The van der Waals surface area contributed by atoms with E-state index in [9.17, 15) is 9.59 Å². The van der Waals surface area contributed by atoms with E-state index in [0.29, 0.717) is 17.4 Å². The SMILES string of the molecule is N#Cc1cccc(C2CCN(C(=O)C3CCN(C(=O)C4CC4)CC3)CC2)c1. The van der Waals surface area contributed by atoms with Gasteiger partial charge in [0.1, 0.15) is 0 Å². The van der Waals surface area contributed by atoms with Crippen LogP contribution in [0.5, 0.6) is 0 Å². The Kier molecular flexibility index (Phi) is 5.15. The number of nitriles is 1. The van der Waals surface area contributed by atoms with Crippen LogP contribution in [0, 0.1) is 23.2 Å². The van der Waals surface area contributed by atoms with Crippen LogP contribution < -0.4 is 0 Å². The molecule has 3 aliphatic rings. The Bertz CT molecular complexity index is 749. The Morgan fingerprint density at radius 2 is 1.41 bits per heavy atom. The minimum Gasteiger partial charge on any atom is -0.342 e. The topological polar surface area (TPSA) is 64.4 Å². The van der Waals surface area contributed by atoms with E-state index >= 15 is 0 Å². The van der Waals surface area contributed by atoms with Gasteiger partial charge < -0.3 is 9.80 Å². The predicted molar refractivity (Wildman–Crippen MR) is 102 cm³/mol. The molecule has 0 unspecified atom stereocenters. The van der Waals surface area contributed by atoms with Gasteiger partial charge in [0, 0.05) is 38.0 Å². The van der Waals surface area contributed by atoms with Gasteiger partial charge in [-0.3, -0.25) is 9.59 Å². The Morgan fingerprint density at radius 1 is 0.852 bits per heavy atom.